The maximum Gasteiger partial charge on any atom is 0.293 e. The third-order valence-corrected chi connectivity index (χ3v) is 3.79. The zero-order chi connectivity index (χ0) is 16.2. The average molecular weight is 313 g/mol. The second-order valence-corrected chi connectivity index (χ2v) is 5.15. The Balaban J connectivity index is 1.77. The third kappa shape index (κ3) is 3.10. The van der Waals surface area contributed by atoms with E-state index in [0.717, 1.165) is 0 Å². The van der Waals surface area contributed by atoms with Gasteiger partial charge in [0.1, 0.15) is 12.0 Å². The van der Waals surface area contributed by atoms with Gasteiger partial charge in [0, 0.05) is 50.2 Å². The lowest BCUT2D eigenvalue weighted by molar-refractivity contribution is -0.384. The van der Waals surface area contributed by atoms with Crippen molar-refractivity contribution in [1.29, 1.82) is 0 Å². The summed E-state index contributed by atoms with van der Waals surface area (Å²) in [6.07, 6.45) is 4.00. The molecule has 3 rings (SSSR count). The van der Waals surface area contributed by atoms with Crippen LogP contribution in [-0.2, 0) is 0 Å². The van der Waals surface area contributed by atoms with Crippen molar-refractivity contribution in [3.05, 3.63) is 52.3 Å². The van der Waals surface area contributed by atoms with E-state index in [1.165, 1.54) is 6.07 Å². The highest BCUT2D eigenvalue weighted by Crippen LogP contribution is 2.30. The summed E-state index contributed by atoms with van der Waals surface area (Å²) in [6.45, 7) is 2.60. The van der Waals surface area contributed by atoms with Crippen LogP contribution in [0.5, 0.6) is 0 Å². The number of aromatic nitrogens is 2. The molecule has 0 aliphatic carbocycles. The first-order valence-corrected chi connectivity index (χ1v) is 7.19. The molecule has 0 unspecified atom stereocenters. The molecule has 0 spiro atoms. The van der Waals surface area contributed by atoms with Crippen molar-refractivity contribution in [3.63, 3.8) is 0 Å². The van der Waals surface area contributed by atoms with E-state index in [1.807, 2.05) is 9.80 Å². The number of carbonyl (C=O) groups is 1. The van der Waals surface area contributed by atoms with Gasteiger partial charge in [-0.1, -0.05) is 0 Å². The molecule has 0 bridgehead atoms. The summed E-state index contributed by atoms with van der Waals surface area (Å²) >= 11 is 0. The molecule has 118 valence electrons. The summed E-state index contributed by atoms with van der Waals surface area (Å²) in [6, 6.07) is 6.31. The first-order chi connectivity index (χ1) is 11.2. The van der Waals surface area contributed by atoms with Crippen LogP contribution in [0, 0.1) is 10.1 Å². The minimum Gasteiger partial charge on any atom is -0.362 e. The van der Waals surface area contributed by atoms with Gasteiger partial charge in [0.15, 0.2) is 0 Å². The first kappa shape index (κ1) is 14.9. The highest BCUT2D eigenvalue weighted by molar-refractivity contribution is 5.79. The van der Waals surface area contributed by atoms with Crippen molar-refractivity contribution in [1.82, 2.24) is 9.97 Å². The van der Waals surface area contributed by atoms with Crippen LogP contribution in [0.15, 0.2) is 36.7 Å². The minimum atomic E-state index is -0.449. The van der Waals surface area contributed by atoms with E-state index in [9.17, 15) is 14.9 Å². The number of aldehydes is 1. The van der Waals surface area contributed by atoms with Gasteiger partial charge >= 0.3 is 0 Å². The number of anilines is 2. The van der Waals surface area contributed by atoms with Crippen LogP contribution in [0.1, 0.15) is 10.4 Å². The SMILES string of the molecule is O=Cc1ccc(N2CCN(c3ncccn3)CC2)c([N+](=O)[O-])c1. The number of benzene rings is 1. The summed E-state index contributed by atoms with van der Waals surface area (Å²) in [4.78, 5) is 34.0. The molecule has 1 fully saturated rings. The van der Waals surface area contributed by atoms with Crippen LogP contribution in [0.4, 0.5) is 17.3 Å². The van der Waals surface area contributed by atoms with Crippen molar-refractivity contribution in [2.75, 3.05) is 36.0 Å². The van der Waals surface area contributed by atoms with Crippen molar-refractivity contribution < 1.29 is 9.72 Å². The molecule has 1 aliphatic heterocycles. The van der Waals surface area contributed by atoms with Crippen LogP contribution in [0.25, 0.3) is 0 Å². The monoisotopic (exact) mass is 313 g/mol. The molecule has 1 aromatic carbocycles. The summed E-state index contributed by atoms with van der Waals surface area (Å²) in [5.41, 5.74) is 0.796. The lowest BCUT2D eigenvalue weighted by atomic mass is 10.1. The molecule has 0 radical (unpaired) electrons. The Morgan fingerprint density at radius 1 is 1.09 bits per heavy atom. The molecule has 1 aliphatic rings. The molecular weight excluding hydrogens is 298 g/mol. The predicted molar refractivity (Wildman–Crippen MR) is 84.9 cm³/mol. The standard InChI is InChI=1S/C15H15N5O3/c21-11-12-2-3-13(14(10-12)20(22)23)18-6-8-19(9-7-18)15-16-4-1-5-17-15/h1-5,10-11H,6-9H2. The fourth-order valence-electron chi connectivity index (χ4n) is 2.63. The lowest BCUT2D eigenvalue weighted by Crippen LogP contribution is -2.47. The summed E-state index contributed by atoms with van der Waals surface area (Å²) < 4.78 is 0. The summed E-state index contributed by atoms with van der Waals surface area (Å²) in [5, 5.41) is 11.3. The zero-order valence-electron chi connectivity index (χ0n) is 12.3. The maximum atomic E-state index is 11.3. The average Bonchev–Trinajstić information content (AvgIpc) is 2.62. The van der Waals surface area contributed by atoms with E-state index in [1.54, 1.807) is 30.6 Å². The van der Waals surface area contributed by atoms with Gasteiger partial charge in [0.2, 0.25) is 5.95 Å². The highest BCUT2D eigenvalue weighted by Gasteiger charge is 2.24. The van der Waals surface area contributed by atoms with Gasteiger partial charge in [-0.25, -0.2) is 9.97 Å². The molecule has 1 saturated heterocycles. The number of nitro benzene ring substituents is 1. The van der Waals surface area contributed by atoms with E-state index >= 15 is 0 Å². The Hall–Kier alpha value is -3.03. The molecule has 2 aromatic rings. The first-order valence-electron chi connectivity index (χ1n) is 7.19. The lowest BCUT2D eigenvalue weighted by Gasteiger charge is -2.35. The number of nitro groups is 1. The van der Waals surface area contributed by atoms with E-state index in [-0.39, 0.29) is 5.69 Å². The van der Waals surface area contributed by atoms with E-state index < -0.39 is 4.92 Å². The Morgan fingerprint density at radius 3 is 2.35 bits per heavy atom. The molecule has 2 heterocycles. The Bertz CT molecular complexity index is 714. The van der Waals surface area contributed by atoms with Gasteiger partial charge in [0.25, 0.3) is 5.69 Å². The molecule has 0 N–H and O–H groups in total. The Kier molecular flexibility index (Phi) is 4.13. The fourth-order valence-corrected chi connectivity index (χ4v) is 2.63. The van der Waals surface area contributed by atoms with Crippen molar-refractivity contribution in [3.8, 4) is 0 Å². The largest absolute Gasteiger partial charge is 0.362 e. The van der Waals surface area contributed by atoms with Gasteiger partial charge in [0.05, 0.1) is 4.92 Å². The minimum absolute atomic E-state index is 0.0426. The molecular formula is C15H15N5O3. The van der Waals surface area contributed by atoms with Crippen molar-refractivity contribution in [2.24, 2.45) is 0 Å². The van der Waals surface area contributed by atoms with Gasteiger partial charge in [-0.3, -0.25) is 14.9 Å². The number of piperazine rings is 1. The van der Waals surface area contributed by atoms with E-state index in [0.29, 0.717) is 49.7 Å². The number of hydrogen-bond donors (Lipinski definition) is 0. The molecule has 0 atom stereocenters. The fraction of sp³-hybridized carbons (Fsp3) is 0.267. The van der Waals surface area contributed by atoms with Gasteiger partial charge < -0.3 is 9.80 Å². The number of rotatable bonds is 4. The van der Waals surface area contributed by atoms with Gasteiger partial charge in [-0.15, -0.1) is 0 Å². The van der Waals surface area contributed by atoms with E-state index in [2.05, 4.69) is 9.97 Å². The summed E-state index contributed by atoms with van der Waals surface area (Å²) in [5.74, 6) is 0.665. The van der Waals surface area contributed by atoms with Crippen LogP contribution >= 0.6 is 0 Å². The maximum absolute atomic E-state index is 11.3. The van der Waals surface area contributed by atoms with E-state index in [4.69, 9.17) is 0 Å². The number of carbonyl (C=O) groups excluding carboxylic acids is 1. The second-order valence-electron chi connectivity index (χ2n) is 5.15. The molecule has 23 heavy (non-hydrogen) atoms. The highest BCUT2D eigenvalue weighted by atomic mass is 16.6. The number of nitrogens with zero attached hydrogens (tertiary/aromatic N) is 5. The smallest absolute Gasteiger partial charge is 0.293 e. The Morgan fingerprint density at radius 2 is 1.74 bits per heavy atom. The normalized spacial score (nSPS) is 14.6. The number of hydrogen-bond acceptors (Lipinski definition) is 7. The quantitative estimate of drug-likeness (QED) is 0.480. The Labute approximate surface area is 132 Å². The zero-order valence-corrected chi connectivity index (χ0v) is 12.3. The van der Waals surface area contributed by atoms with Crippen LogP contribution in [0.2, 0.25) is 0 Å². The molecule has 8 heteroatoms. The predicted octanol–water partition coefficient (Wildman–Crippen LogP) is 1.52. The molecule has 1 aromatic heterocycles. The third-order valence-electron chi connectivity index (χ3n) is 3.79. The topological polar surface area (TPSA) is 92.5 Å². The van der Waals surface area contributed by atoms with Crippen LogP contribution < -0.4 is 9.80 Å². The molecule has 0 saturated carbocycles. The van der Waals surface area contributed by atoms with Crippen LogP contribution in [0.3, 0.4) is 0 Å². The second kappa shape index (κ2) is 6.39. The molecule has 8 nitrogen and oxygen atoms in total. The van der Waals surface area contributed by atoms with Gasteiger partial charge in [-0.05, 0) is 18.2 Å². The van der Waals surface area contributed by atoms with Crippen LogP contribution in [-0.4, -0.2) is 47.4 Å². The van der Waals surface area contributed by atoms with Crippen molar-refractivity contribution in [2.45, 2.75) is 0 Å². The molecule has 0 amide bonds. The van der Waals surface area contributed by atoms with Crippen molar-refractivity contribution >= 4 is 23.6 Å². The summed E-state index contributed by atoms with van der Waals surface area (Å²) in [7, 11) is 0. The van der Waals surface area contributed by atoms with Gasteiger partial charge in [-0.2, -0.15) is 0 Å².